The number of aldehydes is 1. The van der Waals surface area contributed by atoms with Gasteiger partial charge in [-0.25, -0.2) is 21.8 Å². The van der Waals surface area contributed by atoms with Crippen molar-refractivity contribution in [1.29, 1.82) is 0 Å². The largest absolute Gasteiger partial charge is 0.744 e. The Morgan fingerprint density at radius 1 is 1.24 bits per heavy atom. The SMILES string of the molecule is CC(C)Nc1cccnc1N1CC[N+](CS(=O)(=O)[O-])(c2cc3cc(NS(C)(=O)=O)ccc3[nH]2)C(C=O)C1. The minimum Gasteiger partial charge on any atom is -0.744 e. The number of nitrogens with zero attached hydrogens (tertiary/aromatic N) is 3. The first kappa shape index (κ1) is 26.9. The number of aromatic amines is 1. The number of carbonyl (C=O) groups excluding carboxylic acids is 1. The summed E-state index contributed by atoms with van der Waals surface area (Å²) in [5.41, 5.74) is 1.73. The van der Waals surface area contributed by atoms with Gasteiger partial charge in [-0.3, -0.25) is 14.0 Å². The van der Waals surface area contributed by atoms with Crippen LogP contribution >= 0.6 is 0 Å². The average Bonchev–Trinajstić information content (AvgIpc) is 3.21. The molecule has 1 aliphatic rings. The number of hydrogen-bond acceptors (Lipinski definition) is 9. The van der Waals surface area contributed by atoms with E-state index in [9.17, 15) is 26.2 Å². The lowest BCUT2D eigenvalue weighted by atomic mass is 10.1. The van der Waals surface area contributed by atoms with Gasteiger partial charge in [0.05, 0.1) is 30.5 Å². The predicted molar refractivity (Wildman–Crippen MR) is 143 cm³/mol. The number of fused-ring (bicyclic) bond motifs is 1. The first-order valence-electron chi connectivity index (χ1n) is 11.6. The van der Waals surface area contributed by atoms with E-state index in [4.69, 9.17) is 0 Å². The molecule has 1 aromatic carbocycles. The van der Waals surface area contributed by atoms with Crippen LogP contribution in [0.2, 0.25) is 0 Å². The fraction of sp³-hybridized carbons (Fsp3) is 0.391. The van der Waals surface area contributed by atoms with Crippen molar-refractivity contribution in [2.75, 3.05) is 46.7 Å². The lowest BCUT2D eigenvalue weighted by molar-refractivity contribution is -0.112. The Bertz CT molecular complexity index is 1520. The Kier molecular flexibility index (Phi) is 7.21. The van der Waals surface area contributed by atoms with Gasteiger partial charge in [0.1, 0.15) is 16.7 Å². The standard InChI is InChI=1S/C23H30N6O6S2/c1-16(2)25-21-5-4-8-24-23(21)28-9-10-29(15-37(33,34)35,19(13-28)14-30)22-12-17-11-18(27-36(3,31)32)6-7-20(17)26-22/h4-8,11-12,14,16,19,25-27H,9-10,13,15H2,1-3H3. The number of anilines is 3. The van der Waals surface area contributed by atoms with Crippen molar-refractivity contribution in [2.24, 2.45) is 0 Å². The summed E-state index contributed by atoms with van der Waals surface area (Å²) >= 11 is 0. The predicted octanol–water partition coefficient (Wildman–Crippen LogP) is 1.65. The summed E-state index contributed by atoms with van der Waals surface area (Å²) in [4.78, 5) is 22.0. The van der Waals surface area contributed by atoms with Gasteiger partial charge in [-0.1, -0.05) is 0 Å². The number of piperazine rings is 1. The van der Waals surface area contributed by atoms with Crippen LogP contribution in [-0.4, -0.2) is 81.5 Å². The number of quaternary nitrogens is 1. The number of aromatic nitrogens is 2. The molecule has 37 heavy (non-hydrogen) atoms. The number of hydrogen-bond donors (Lipinski definition) is 3. The highest BCUT2D eigenvalue weighted by atomic mass is 32.2. The summed E-state index contributed by atoms with van der Waals surface area (Å²) in [7, 11) is -8.24. The highest BCUT2D eigenvalue weighted by Gasteiger charge is 2.47. The molecule has 2 unspecified atom stereocenters. The summed E-state index contributed by atoms with van der Waals surface area (Å²) in [6.07, 6.45) is 3.37. The van der Waals surface area contributed by atoms with Gasteiger partial charge in [-0.05, 0) is 44.2 Å². The number of nitrogens with one attached hydrogen (secondary N) is 3. The molecule has 2 atom stereocenters. The second-order valence-corrected chi connectivity index (χ2v) is 12.7. The number of benzene rings is 1. The van der Waals surface area contributed by atoms with E-state index in [1.54, 1.807) is 36.5 Å². The number of sulfonamides is 1. The van der Waals surface area contributed by atoms with E-state index in [2.05, 4.69) is 20.0 Å². The maximum absolute atomic E-state index is 12.4. The molecule has 1 fully saturated rings. The minimum atomic E-state index is -4.74. The number of pyridine rings is 1. The zero-order chi connectivity index (χ0) is 27.0. The summed E-state index contributed by atoms with van der Waals surface area (Å²) in [5.74, 6) is 0.202. The van der Waals surface area contributed by atoms with Gasteiger partial charge >= 0.3 is 0 Å². The Hall–Kier alpha value is -3.20. The summed E-state index contributed by atoms with van der Waals surface area (Å²) in [6.45, 7) is 4.60. The quantitative estimate of drug-likeness (QED) is 0.204. The zero-order valence-corrected chi connectivity index (χ0v) is 22.3. The molecule has 3 N–H and O–H groups in total. The number of rotatable bonds is 9. The highest BCUT2D eigenvalue weighted by molar-refractivity contribution is 7.92. The molecule has 0 spiro atoms. The van der Waals surface area contributed by atoms with Crippen molar-refractivity contribution in [3.8, 4) is 0 Å². The maximum Gasteiger partial charge on any atom is 0.229 e. The molecule has 0 radical (unpaired) electrons. The molecular formula is C23H30N6O6S2. The molecule has 14 heteroatoms. The third kappa shape index (κ3) is 6.04. The van der Waals surface area contributed by atoms with Crippen LogP contribution in [0.4, 0.5) is 23.0 Å². The average molecular weight is 551 g/mol. The van der Waals surface area contributed by atoms with Crippen LogP contribution in [0.3, 0.4) is 0 Å². The molecule has 3 aromatic rings. The van der Waals surface area contributed by atoms with E-state index in [0.717, 1.165) is 11.9 Å². The first-order chi connectivity index (χ1) is 17.3. The van der Waals surface area contributed by atoms with Gasteiger partial charge < -0.3 is 19.8 Å². The number of H-pyrrole nitrogens is 1. The van der Waals surface area contributed by atoms with Gasteiger partial charge in [0.25, 0.3) is 0 Å². The third-order valence-electron chi connectivity index (χ3n) is 6.28. The van der Waals surface area contributed by atoms with Gasteiger partial charge in [0, 0.05) is 29.4 Å². The van der Waals surface area contributed by atoms with Crippen molar-refractivity contribution in [2.45, 2.75) is 25.9 Å². The molecule has 12 nitrogen and oxygen atoms in total. The molecule has 0 bridgehead atoms. The van der Waals surface area contributed by atoms with Gasteiger partial charge in [-0.2, -0.15) is 0 Å². The van der Waals surface area contributed by atoms with Crippen molar-refractivity contribution < 1.29 is 26.2 Å². The van der Waals surface area contributed by atoms with Crippen LogP contribution < -0.4 is 19.4 Å². The van der Waals surface area contributed by atoms with Crippen LogP contribution in [0.5, 0.6) is 0 Å². The monoisotopic (exact) mass is 550 g/mol. The molecule has 2 aromatic heterocycles. The van der Waals surface area contributed by atoms with E-state index in [-0.39, 0.29) is 19.1 Å². The van der Waals surface area contributed by atoms with E-state index in [1.165, 1.54) is 0 Å². The van der Waals surface area contributed by atoms with Gasteiger partial charge in [-0.15, -0.1) is 0 Å². The molecular weight excluding hydrogens is 520 g/mol. The molecule has 4 rings (SSSR count). The number of carbonyl (C=O) groups is 1. The fourth-order valence-corrected chi connectivity index (χ4v) is 6.39. The van der Waals surface area contributed by atoms with Crippen molar-refractivity contribution >= 4 is 60.3 Å². The molecule has 1 aliphatic heterocycles. The Morgan fingerprint density at radius 3 is 2.65 bits per heavy atom. The lowest BCUT2D eigenvalue weighted by Crippen LogP contribution is -2.69. The Morgan fingerprint density at radius 2 is 2.00 bits per heavy atom. The molecule has 0 aliphatic carbocycles. The smallest absolute Gasteiger partial charge is 0.229 e. The molecule has 0 saturated carbocycles. The van der Waals surface area contributed by atoms with Crippen LogP contribution in [0.25, 0.3) is 10.9 Å². The van der Waals surface area contributed by atoms with Crippen molar-refractivity contribution in [1.82, 2.24) is 14.5 Å². The van der Waals surface area contributed by atoms with Crippen molar-refractivity contribution in [3.05, 3.63) is 42.6 Å². The topological polar surface area (TPSA) is 164 Å². The summed E-state index contributed by atoms with van der Waals surface area (Å²) in [5, 5.41) is 3.94. The Balaban J connectivity index is 1.75. The maximum atomic E-state index is 12.4. The molecule has 200 valence electrons. The zero-order valence-electron chi connectivity index (χ0n) is 20.7. The first-order valence-corrected chi connectivity index (χ1v) is 15.1. The Labute approximate surface area is 216 Å². The van der Waals surface area contributed by atoms with Crippen LogP contribution in [0, 0.1) is 0 Å². The van der Waals surface area contributed by atoms with E-state index >= 15 is 0 Å². The van der Waals surface area contributed by atoms with E-state index in [1.807, 2.05) is 24.8 Å². The second-order valence-electron chi connectivity index (χ2n) is 9.60. The second kappa shape index (κ2) is 9.93. The molecule has 1 saturated heterocycles. The minimum absolute atomic E-state index is 0.138. The normalized spacial score (nSPS) is 20.8. The summed E-state index contributed by atoms with van der Waals surface area (Å²) in [6, 6.07) is 9.41. The van der Waals surface area contributed by atoms with Gasteiger partial charge in [0.15, 0.2) is 24.0 Å². The molecule has 0 amide bonds. The van der Waals surface area contributed by atoms with E-state index in [0.29, 0.717) is 41.1 Å². The lowest BCUT2D eigenvalue weighted by Gasteiger charge is -2.47. The van der Waals surface area contributed by atoms with Crippen molar-refractivity contribution in [3.63, 3.8) is 0 Å². The van der Waals surface area contributed by atoms with E-state index < -0.39 is 36.5 Å². The van der Waals surface area contributed by atoms with Gasteiger partial charge in [0.2, 0.25) is 15.8 Å². The summed E-state index contributed by atoms with van der Waals surface area (Å²) < 4.78 is 61.5. The van der Waals surface area contributed by atoms with Crippen LogP contribution in [-0.2, 0) is 24.9 Å². The fourth-order valence-electron chi connectivity index (χ4n) is 4.81. The third-order valence-corrected chi connectivity index (χ3v) is 7.66. The van der Waals surface area contributed by atoms with Crippen LogP contribution in [0.1, 0.15) is 13.8 Å². The highest BCUT2D eigenvalue weighted by Crippen LogP contribution is 2.35. The molecule has 3 heterocycles. The van der Waals surface area contributed by atoms with Crippen LogP contribution in [0.15, 0.2) is 42.6 Å².